The fraction of sp³-hybridized carbons (Fsp3) is 0.316. The van der Waals surface area contributed by atoms with Crippen molar-refractivity contribution < 1.29 is 9.18 Å². The molecule has 3 nitrogen and oxygen atoms in total. The van der Waals surface area contributed by atoms with Gasteiger partial charge in [0.1, 0.15) is 11.4 Å². The number of nitrogens with two attached hydrogens (primary N) is 1. The normalized spacial score (nSPS) is 17.8. The number of halogens is 2. The van der Waals surface area contributed by atoms with Crippen LogP contribution >= 0.6 is 15.9 Å². The number of rotatable bonds is 5. The second kappa shape index (κ2) is 6.30. The summed E-state index contributed by atoms with van der Waals surface area (Å²) in [7, 11) is 0. The van der Waals surface area contributed by atoms with Gasteiger partial charge < -0.3 is 11.1 Å². The van der Waals surface area contributed by atoms with Crippen LogP contribution in [-0.4, -0.2) is 12.5 Å². The topological polar surface area (TPSA) is 55.1 Å². The smallest absolute Gasteiger partial charge is 0.244 e. The minimum atomic E-state index is -1.11. The number of hydrogen-bond donors (Lipinski definition) is 2. The van der Waals surface area contributed by atoms with Gasteiger partial charge in [-0.25, -0.2) is 4.39 Å². The van der Waals surface area contributed by atoms with Gasteiger partial charge in [-0.05, 0) is 55.2 Å². The van der Waals surface area contributed by atoms with Crippen molar-refractivity contribution in [2.75, 3.05) is 6.54 Å². The van der Waals surface area contributed by atoms with Crippen LogP contribution in [0.25, 0.3) is 0 Å². The minimum Gasteiger partial charge on any atom is -0.353 e. The molecule has 1 saturated carbocycles. The average Bonchev–Trinajstić information content (AvgIpc) is 3.34. The molecule has 0 aromatic heterocycles. The van der Waals surface area contributed by atoms with Gasteiger partial charge in [0.2, 0.25) is 5.91 Å². The lowest BCUT2D eigenvalue weighted by atomic mass is 9.91. The molecule has 0 heterocycles. The fourth-order valence-electron chi connectivity index (χ4n) is 2.90. The average molecular weight is 391 g/mol. The SMILES string of the molecule is CC(N)(C(=O)NCC1(c2cccc(F)c2)CC1)c1ccc(Br)cc1. The van der Waals surface area contributed by atoms with Gasteiger partial charge in [0.25, 0.3) is 0 Å². The number of carbonyl (C=O) groups excluding carboxylic acids is 1. The van der Waals surface area contributed by atoms with Crippen molar-refractivity contribution in [2.24, 2.45) is 5.73 Å². The predicted octanol–water partition coefficient (Wildman–Crippen LogP) is 3.61. The van der Waals surface area contributed by atoms with Crippen molar-refractivity contribution in [1.29, 1.82) is 0 Å². The van der Waals surface area contributed by atoms with Crippen LogP contribution in [0.5, 0.6) is 0 Å². The molecule has 3 rings (SSSR count). The summed E-state index contributed by atoms with van der Waals surface area (Å²) in [6, 6.07) is 14.0. The van der Waals surface area contributed by atoms with E-state index < -0.39 is 5.54 Å². The largest absolute Gasteiger partial charge is 0.353 e. The maximum Gasteiger partial charge on any atom is 0.244 e. The van der Waals surface area contributed by atoms with Crippen LogP contribution in [-0.2, 0) is 15.7 Å². The minimum absolute atomic E-state index is 0.159. The summed E-state index contributed by atoms with van der Waals surface area (Å²) in [5, 5.41) is 2.96. The Morgan fingerprint density at radius 1 is 1.29 bits per heavy atom. The summed E-state index contributed by atoms with van der Waals surface area (Å²) >= 11 is 3.37. The van der Waals surface area contributed by atoms with Crippen LogP contribution in [0, 0.1) is 5.82 Å². The van der Waals surface area contributed by atoms with Crippen LogP contribution in [0.4, 0.5) is 4.39 Å². The molecular formula is C19H20BrFN2O. The van der Waals surface area contributed by atoms with Gasteiger partial charge >= 0.3 is 0 Å². The van der Waals surface area contributed by atoms with Crippen molar-refractivity contribution in [1.82, 2.24) is 5.32 Å². The van der Waals surface area contributed by atoms with E-state index in [9.17, 15) is 9.18 Å². The lowest BCUT2D eigenvalue weighted by Crippen LogP contribution is -2.50. The molecule has 0 bridgehead atoms. The molecule has 0 radical (unpaired) electrons. The first kappa shape index (κ1) is 17.1. The van der Waals surface area contributed by atoms with Gasteiger partial charge in [-0.1, -0.05) is 40.2 Å². The van der Waals surface area contributed by atoms with E-state index in [1.165, 1.54) is 6.07 Å². The monoisotopic (exact) mass is 390 g/mol. The van der Waals surface area contributed by atoms with Crippen LogP contribution in [0.15, 0.2) is 53.0 Å². The maximum absolute atomic E-state index is 13.5. The zero-order valence-electron chi connectivity index (χ0n) is 13.5. The molecule has 1 aliphatic rings. The van der Waals surface area contributed by atoms with Gasteiger partial charge in [0.15, 0.2) is 0 Å². The lowest BCUT2D eigenvalue weighted by molar-refractivity contribution is -0.126. The molecule has 0 aliphatic heterocycles. The summed E-state index contributed by atoms with van der Waals surface area (Å²) < 4.78 is 14.4. The third-order valence-electron chi connectivity index (χ3n) is 4.79. The number of nitrogens with one attached hydrogen (secondary N) is 1. The molecule has 0 spiro atoms. The second-order valence-electron chi connectivity index (χ2n) is 6.68. The van der Waals surface area contributed by atoms with Crippen LogP contribution in [0.2, 0.25) is 0 Å². The Morgan fingerprint density at radius 2 is 1.96 bits per heavy atom. The molecule has 0 saturated heterocycles. The zero-order chi connectivity index (χ0) is 17.4. The van der Waals surface area contributed by atoms with E-state index in [0.717, 1.165) is 28.4 Å². The summed E-state index contributed by atoms with van der Waals surface area (Å²) in [6.07, 6.45) is 1.88. The number of amides is 1. The molecule has 1 aliphatic carbocycles. The van der Waals surface area contributed by atoms with Crippen molar-refractivity contribution in [3.8, 4) is 0 Å². The Balaban J connectivity index is 1.70. The zero-order valence-corrected chi connectivity index (χ0v) is 15.1. The van der Waals surface area contributed by atoms with E-state index in [0.29, 0.717) is 6.54 Å². The van der Waals surface area contributed by atoms with Gasteiger partial charge in [-0.2, -0.15) is 0 Å². The summed E-state index contributed by atoms with van der Waals surface area (Å²) in [5.74, 6) is -0.476. The summed E-state index contributed by atoms with van der Waals surface area (Å²) in [6.45, 7) is 2.17. The molecule has 1 amide bonds. The Morgan fingerprint density at radius 3 is 2.54 bits per heavy atom. The molecule has 1 unspecified atom stereocenters. The van der Waals surface area contributed by atoms with Crippen LogP contribution < -0.4 is 11.1 Å². The number of carbonyl (C=O) groups is 1. The molecule has 3 N–H and O–H groups in total. The van der Waals surface area contributed by atoms with Crippen molar-refractivity contribution in [2.45, 2.75) is 30.7 Å². The first-order chi connectivity index (χ1) is 11.3. The van der Waals surface area contributed by atoms with E-state index in [4.69, 9.17) is 5.73 Å². The Kier molecular flexibility index (Phi) is 4.49. The Hall–Kier alpha value is -1.72. The van der Waals surface area contributed by atoms with Crippen molar-refractivity contribution in [3.05, 3.63) is 69.9 Å². The quantitative estimate of drug-likeness (QED) is 0.818. The second-order valence-corrected chi connectivity index (χ2v) is 7.60. The fourth-order valence-corrected chi connectivity index (χ4v) is 3.16. The standard InChI is InChI=1S/C19H20BrFN2O/c1-18(22,13-5-7-15(20)8-6-13)17(24)23-12-19(9-10-19)14-3-2-4-16(21)11-14/h2-8,11H,9-10,12,22H2,1H3,(H,23,24). The van der Waals surface area contributed by atoms with E-state index in [1.807, 2.05) is 30.3 Å². The van der Waals surface area contributed by atoms with Crippen LogP contribution in [0.1, 0.15) is 30.9 Å². The van der Waals surface area contributed by atoms with Crippen LogP contribution in [0.3, 0.4) is 0 Å². The molecule has 1 atom stereocenters. The highest BCUT2D eigenvalue weighted by molar-refractivity contribution is 9.10. The van der Waals surface area contributed by atoms with E-state index in [2.05, 4.69) is 21.2 Å². The van der Waals surface area contributed by atoms with Gasteiger partial charge in [-0.3, -0.25) is 4.79 Å². The molecule has 126 valence electrons. The van der Waals surface area contributed by atoms with E-state index in [-0.39, 0.29) is 17.1 Å². The molecule has 2 aromatic rings. The molecule has 1 fully saturated rings. The van der Waals surface area contributed by atoms with Gasteiger partial charge in [0, 0.05) is 16.4 Å². The number of hydrogen-bond acceptors (Lipinski definition) is 2. The summed E-state index contributed by atoms with van der Waals surface area (Å²) in [5.41, 5.74) is 6.67. The molecule has 2 aromatic carbocycles. The maximum atomic E-state index is 13.5. The summed E-state index contributed by atoms with van der Waals surface area (Å²) in [4.78, 5) is 12.6. The Labute approximate surface area is 149 Å². The van der Waals surface area contributed by atoms with E-state index >= 15 is 0 Å². The van der Waals surface area contributed by atoms with Gasteiger partial charge in [0.05, 0.1) is 0 Å². The molecular weight excluding hydrogens is 371 g/mol. The van der Waals surface area contributed by atoms with Crippen molar-refractivity contribution in [3.63, 3.8) is 0 Å². The highest BCUT2D eigenvalue weighted by atomic mass is 79.9. The predicted molar refractivity (Wildman–Crippen MR) is 96.0 cm³/mol. The highest BCUT2D eigenvalue weighted by Gasteiger charge is 2.45. The lowest BCUT2D eigenvalue weighted by Gasteiger charge is -2.26. The first-order valence-electron chi connectivity index (χ1n) is 7.93. The molecule has 5 heteroatoms. The number of benzene rings is 2. The van der Waals surface area contributed by atoms with Gasteiger partial charge in [-0.15, -0.1) is 0 Å². The Bertz CT molecular complexity index is 754. The van der Waals surface area contributed by atoms with Crippen molar-refractivity contribution >= 4 is 21.8 Å². The third kappa shape index (κ3) is 3.37. The first-order valence-corrected chi connectivity index (χ1v) is 8.72. The molecule has 24 heavy (non-hydrogen) atoms. The third-order valence-corrected chi connectivity index (χ3v) is 5.32. The van der Waals surface area contributed by atoms with E-state index in [1.54, 1.807) is 19.1 Å². The highest BCUT2D eigenvalue weighted by Crippen LogP contribution is 2.47.